The number of rotatable bonds is 7. The van der Waals surface area contributed by atoms with E-state index in [0.717, 1.165) is 34.0 Å². The molecule has 6 rings (SSSR count). The third kappa shape index (κ3) is 6.55. The number of aryl methyl sites for hydroxylation is 1. The van der Waals surface area contributed by atoms with Crippen LogP contribution in [-0.2, 0) is 16.0 Å². The van der Waals surface area contributed by atoms with Crippen molar-refractivity contribution in [2.75, 3.05) is 26.1 Å². The van der Waals surface area contributed by atoms with Crippen LogP contribution in [0.25, 0.3) is 10.9 Å². The molecule has 0 amide bonds. The first-order chi connectivity index (χ1) is 22.1. The van der Waals surface area contributed by atoms with Gasteiger partial charge in [-0.2, -0.15) is 0 Å². The van der Waals surface area contributed by atoms with Crippen molar-refractivity contribution in [3.63, 3.8) is 0 Å². The fourth-order valence-electron chi connectivity index (χ4n) is 7.70. The van der Waals surface area contributed by atoms with Crippen LogP contribution in [0, 0.1) is 12.3 Å². The smallest absolute Gasteiger partial charge is 0.419 e. The molecular formula is C36H44F3N3O5. The van der Waals surface area contributed by atoms with Gasteiger partial charge in [-0.05, 0) is 101 Å². The van der Waals surface area contributed by atoms with E-state index in [1.807, 2.05) is 45.9 Å². The Bertz CT molecular complexity index is 1680. The zero-order chi connectivity index (χ0) is 33.9. The van der Waals surface area contributed by atoms with Crippen molar-refractivity contribution in [1.82, 2.24) is 9.47 Å². The molecule has 3 aliphatic rings. The molecule has 3 aromatic rings. The molecule has 2 heterocycles. The van der Waals surface area contributed by atoms with Gasteiger partial charge in [0.05, 0.1) is 25.3 Å². The van der Waals surface area contributed by atoms with Crippen molar-refractivity contribution >= 4 is 28.7 Å². The van der Waals surface area contributed by atoms with Crippen LogP contribution in [0.5, 0.6) is 5.75 Å². The van der Waals surface area contributed by atoms with Crippen molar-refractivity contribution in [1.29, 1.82) is 0 Å². The van der Waals surface area contributed by atoms with Gasteiger partial charge in [0.2, 0.25) is 0 Å². The predicted octanol–water partition coefficient (Wildman–Crippen LogP) is 8.19. The molecule has 8 nitrogen and oxygen atoms in total. The number of halogens is 3. The molecule has 1 atom stereocenters. The molecule has 1 aliphatic heterocycles. The minimum Gasteiger partial charge on any atom is -0.496 e. The van der Waals surface area contributed by atoms with Gasteiger partial charge in [0.15, 0.2) is 0 Å². The molecule has 2 aromatic carbocycles. The summed E-state index contributed by atoms with van der Waals surface area (Å²) >= 11 is 0. The van der Waals surface area contributed by atoms with Gasteiger partial charge in [-0.3, -0.25) is 9.47 Å². The number of carbonyl (C=O) groups is 2. The summed E-state index contributed by atoms with van der Waals surface area (Å²) in [5.41, 5.74) is 3.45. The third-order valence-electron chi connectivity index (χ3n) is 9.99. The average molecular weight is 656 g/mol. The molecule has 0 unspecified atom stereocenters. The van der Waals surface area contributed by atoms with Crippen LogP contribution in [0.1, 0.15) is 92.4 Å². The van der Waals surface area contributed by atoms with E-state index < -0.39 is 35.8 Å². The van der Waals surface area contributed by atoms with E-state index in [9.17, 15) is 22.8 Å². The maximum atomic E-state index is 14.4. The average Bonchev–Trinajstić information content (AvgIpc) is 3.43. The summed E-state index contributed by atoms with van der Waals surface area (Å²) in [6.45, 7) is 8.53. The number of esters is 1. The second-order valence-electron chi connectivity index (χ2n) is 14.6. The molecule has 0 radical (unpaired) electrons. The molecule has 3 fully saturated rings. The molecular weight excluding hydrogens is 611 g/mol. The van der Waals surface area contributed by atoms with Gasteiger partial charge in [-0.15, -0.1) is 0 Å². The Morgan fingerprint density at radius 2 is 1.77 bits per heavy atom. The monoisotopic (exact) mass is 655 g/mol. The summed E-state index contributed by atoms with van der Waals surface area (Å²) in [4.78, 5) is 28.0. The summed E-state index contributed by atoms with van der Waals surface area (Å²) < 4.78 is 60.1. The Labute approximate surface area is 273 Å². The molecule has 1 saturated heterocycles. The molecule has 2 aliphatic carbocycles. The number of fused-ring (bicyclic) bond motifs is 1. The first kappa shape index (κ1) is 33.2. The van der Waals surface area contributed by atoms with Crippen LogP contribution < -0.4 is 10.1 Å². The van der Waals surface area contributed by atoms with Gasteiger partial charge >= 0.3 is 12.1 Å². The highest BCUT2D eigenvalue weighted by Gasteiger charge is 2.50. The number of nitrogens with one attached hydrogen (secondary N) is 1. The number of likely N-dealkylation sites (tertiary alicyclic amines) is 1. The Morgan fingerprint density at radius 3 is 2.38 bits per heavy atom. The summed E-state index contributed by atoms with van der Waals surface area (Å²) in [7, 11) is 2.92. The van der Waals surface area contributed by atoms with Crippen LogP contribution in [0.3, 0.4) is 0 Å². The quantitative estimate of drug-likeness (QED) is 0.257. The number of aromatic nitrogens is 1. The number of nitrogens with zero attached hydrogens (tertiary/aromatic N) is 2. The Hall–Kier alpha value is -3.73. The summed E-state index contributed by atoms with van der Waals surface area (Å²) in [5, 5.41) is 4.16. The summed E-state index contributed by atoms with van der Waals surface area (Å²) in [6.07, 6.45) is 2.32. The number of ether oxygens (including phenoxy) is 3. The lowest BCUT2D eigenvalue weighted by Gasteiger charge is -2.53. The summed E-state index contributed by atoms with van der Waals surface area (Å²) in [6, 6.07) is 8.43. The molecule has 2 saturated carbocycles. The number of carbonyl (C=O) groups excluding carboxylic acids is 2. The van der Waals surface area contributed by atoms with Gasteiger partial charge in [0.25, 0.3) is 5.92 Å². The van der Waals surface area contributed by atoms with Gasteiger partial charge < -0.3 is 19.5 Å². The Balaban J connectivity index is 1.41. The van der Waals surface area contributed by atoms with E-state index in [1.54, 1.807) is 25.4 Å². The van der Waals surface area contributed by atoms with Crippen LogP contribution in [-0.4, -0.2) is 66.0 Å². The van der Waals surface area contributed by atoms with E-state index in [0.29, 0.717) is 49.4 Å². The lowest BCUT2D eigenvalue weighted by atomic mass is 9.60. The zero-order valence-electron chi connectivity index (χ0n) is 27.9. The number of methoxy groups -OCH3 is 2. The second-order valence-corrected chi connectivity index (χ2v) is 14.6. The standard InChI is InChI=1S/C36H44F3N3O5/c1-21-13-30(45-5)27(25-9-11-42(31(21)25)33(44)47-34(2,3)4)20-41-12-10-35(15-23(37)16-35)19-29(41)26-8-7-22(32(43)46-6)14-28(26)40-24-17-36(38,39)18-24/h7-9,11,13-14,23-24,29,40H,10,12,15-20H2,1-6H3/t23?,29-,35?/m1/s1. The minimum absolute atomic E-state index is 0.158. The number of anilines is 1. The highest BCUT2D eigenvalue weighted by molar-refractivity contribution is 5.95. The van der Waals surface area contributed by atoms with E-state index in [1.165, 1.54) is 11.7 Å². The molecule has 254 valence electrons. The van der Waals surface area contributed by atoms with Crippen LogP contribution in [0.15, 0.2) is 36.5 Å². The van der Waals surface area contributed by atoms with Crippen LogP contribution in [0.4, 0.5) is 23.7 Å². The lowest BCUT2D eigenvalue weighted by molar-refractivity contribution is -0.0794. The van der Waals surface area contributed by atoms with Crippen molar-refractivity contribution in [3.05, 3.63) is 58.8 Å². The third-order valence-corrected chi connectivity index (χ3v) is 9.99. The van der Waals surface area contributed by atoms with Crippen LogP contribution >= 0.6 is 0 Å². The molecule has 47 heavy (non-hydrogen) atoms. The number of hydrogen-bond donors (Lipinski definition) is 1. The molecule has 1 aromatic heterocycles. The predicted molar refractivity (Wildman–Crippen MR) is 173 cm³/mol. The highest BCUT2D eigenvalue weighted by atomic mass is 19.3. The SMILES string of the molecule is COC(=O)c1ccc([C@H]2CC3(CCN2Cc2c(OC)cc(C)c4c2ccn4C(=O)OC(C)(C)C)CC(F)C3)c(NC2CC(F)(F)C2)c1. The highest BCUT2D eigenvalue weighted by Crippen LogP contribution is 2.56. The van der Waals surface area contributed by atoms with Gasteiger partial charge in [-0.1, -0.05) is 6.07 Å². The molecule has 1 N–H and O–H groups in total. The fourth-order valence-corrected chi connectivity index (χ4v) is 7.70. The van der Waals surface area contributed by atoms with Crippen molar-refractivity contribution in [2.45, 2.75) is 103 Å². The molecule has 0 bridgehead atoms. The van der Waals surface area contributed by atoms with Gasteiger partial charge in [-0.25, -0.2) is 22.8 Å². The van der Waals surface area contributed by atoms with E-state index in [-0.39, 0.29) is 24.3 Å². The fraction of sp³-hybridized carbons (Fsp3) is 0.556. The second kappa shape index (κ2) is 12.1. The molecule has 11 heteroatoms. The maximum absolute atomic E-state index is 14.4. The van der Waals surface area contributed by atoms with Crippen molar-refractivity contribution in [2.24, 2.45) is 5.41 Å². The largest absolute Gasteiger partial charge is 0.496 e. The van der Waals surface area contributed by atoms with E-state index in [2.05, 4.69) is 10.2 Å². The lowest BCUT2D eigenvalue weighted by Crippen LogP contribution is -2.49. The first-order valence-corrected chi connectivity index (χ1v) is 16.3. The minimum atomic E-state index is -2.72. The summed E-state index contributed by atoms with van der Waals surface area (Å²) in [5.74, 6) is -2.56. The Morgan fingerprint density at radius 1 is 1.04 bits per heavy atom. The maximum Gasteiger partial charge on any atom is 0.419 e. The Kier molecular flexibility index (Phi) is 8.51. The van der Waals surface area contributed by atoms with Crippen molar-refractivity contribution < 1.29 is 37.0 Å². The zero-order valence-corrected chi connectivity index (χ0v) is 27.9. The topological polar surface area (TPSA) is 82.0 Å². The van der Waals surface area contributed by atoms with Gasteiger partial charge in [0.1, 0.15) is 17.5 Å². The number of alkyl halides is 3. The molecule has 1 spiro atoms. The number of piperidine rings is 1. The normalized spacial score (nSPS) is 21.3. The number of benzene rings is 2. The van der Waals surface area contributed by atoms with E-state index in [4.69, 9.17) is 14.2 Å². The van der Waals surface area contributed by atoms with E-state index >= 15 is 0 Å². The van der Waals surface area contributed by atoms with Gasteiger partial charge in [0, 0.05) is 54.3 Å². The van der Waals surface area contributed by atoms with Crippen LogP contribution in [0.2, 0.25) is 0 Å². The first-order valence-electron chi connectivity index (χ1n) is 16.3. The number of hydrogen-bond acceptors (Lipinski definition) is 7. The van der Waals surface area contributed by atoms with Crippen molar-refractivity contribution in [3.8, 4) is 5.75 Å².